The number of rotatable bonds is 6. The van der Waals surface area contributed by atoms with Gasteiger partial charge in [-0.15, -0.1) is 0 Å². The van der Waals surface area contributed by atoms with Gasteiger partial charge in [-0.25, -0.2) is 4.79 Å². The van der Waals surface area contributed by atoms with Crippen molar-refractivity contribution in [1.82, 2.24) is 24.5 Å². The van der Waals surface area contributed by atoms with Crippen molar-refractivity contribution in [2.75, 3.05) is 33.3 Å². The topological polar surface area (TPSA) is 70.9 Å². The maximum Gasteiger partial charge on any atom is 0.410 e. The summed E-state index contributed by atoms with van der Waals surface area (Å²) in [6.45, 7) is 4.34. The molecule has 2 amide bonds. The van der Waals surface area contributed by atoms with Crippen molar-refractivity contribution in [3.8, 4) is 0 Å². The smallest absolute Gasteiger partial charge is 0.410 e. The Morgan fingerprint density at radius 2 is 2.00 bits per heavy atom. The van der Waals surface area contributed by atoms with E-state index in [-0.39, 0.29) is 12.5 Å². The number of aromatic nitrogens is 2. The quantitative estimate of drug-likeness (QED) is 0.752. The summed E-state index contributed by atoms with van der Waals surface area (Å²) < 4.78 is 6.88. The molecule has 4 rings (SSSR count). The van der Waals surface area contributed by atoms with Crippen LogP contribution in [0.1, 0.15) is 17.0 Å². The molecular weight excluding hydrogens is 358 g/mol. The largest absolute Gasteiger partial charge is 0.448 e. The van der Waals surface area contributed by atoms with Crippen molar-refractivity contribution in [3.05, 3.63) is 53.3 Å². The summed E-state index contributed by atoms with van der Waals surface area (Å²) in [7, 11) is 2.08. The number of carbonyl (C=O) groups excluding carboxylic acids is 2. The fraction of sp³-hybridized carbons (Fsp3) is 0.450. The van der Waals surface area contributed by atoms with Gasteiger partial charge < -0.3 is 9.64 Å². The summed E-state index contributed by atoms with van der Waals surface area (Å²) in [5.41, 5.74) is 3.31. The molecule has 0 spiro atoms. The lowest BCUT2D eigenvalue weighted by atomic mass is 10.2. The Morgan fingerprint density at radius 3 is 2.75 bits per heavy atom. The first-order chi connectivity index (χ1) is 13.6. The van der Waals surface area contributed by atoms with Crippen LogP contribution in [-0.4, -0.2) is 69.8 Å². The number of nitrogens with zero attached hydrogens (tertiary/aromatic N) is 5. The molecule has 8 heteroatoms. The number of amides is 2. The van der Waals surface area contributed by atoms with Crippen LogP contribution >= 0.6 is 0 Å². The zero-order valence-electron chi connectivity index (χ0n) is 16.1. The molecule has 0 radical (unpaired) electrons. The summed E-state index contributed by atoms with van der Waals surface area (Å²) in [5, 5.41) is 4.69. The van der Waals surface area contributed by atoms with E-state index in [4.69, 9.17) is 9.84 Å². The summed E-state index contributed by atoms with van der Waals surface area (Å²) in [4.78, 5) is 29.6. The molecule has 0 saturated carbocycles. The molecule has 2 aromatic rings. The fourth-order valence-electron chi connectivity index (χ4n) is 3.68. The third-order valence-electron chi connectivity index (χ3n) is 5.10. The van der Waals surface area contributed by atoms with E-state index in [0.717, 1.165) is 24.5 Å². The Hall–Kier alpha value is -2.87. The lowest BCUT2D eigenvalue weighted by molar-refractivity contribution is -0.133. The van der Waals surface area contributed by atoms with Crippen LogP contribution in [0.2, 0.25) is 0 Å². The highest BCUT2D eigenvalue weighted by atomic mass is 16.6. The minimum Gasteiger partial charge on any atom is -0.448 e. The van der Waals surface area contributed by atoms with Crippen molar-refractivity contribution in [2.45, 2.75) is 26.2 Å². The molecule has 8 nitrogen and oxygen atoms in total. The second kappa shape index (κ2) is 8.02. The molecular formula is C20H25N5O3. The first kappa shape index (κ1) is 18.5. The van der Waals surface area contributed by atoms with Crippen LogP contribution in [0.5, 0.6) is 0 Å². The van der Waals surface area contributed by atoms with Gasteiger partial charge >= 0.3 is 6.09 Å². The maximum atomic E-state index is 12.5. The first-order valence-corrected chi connectivity index (χ1v) is 9.56. The standard InChI is InChI=1S/C20H25N5O3/c1-22(12-16-5-3-2-4-6-16)13-17-11-18-14-23(7-8-25(18)21-17)19(26)15-24-9-10-28-20(24)27/h2-6,11H,7-10,12-15H2,1H3. The molecule has 0 atom stereocenters. The SMILES string of the molecule is CN(Cc1ccccc1)Cc1cc2n(n1)CCN(C(=O)CN1CCOC1=O)C2. The van der Waals surface area contributed by atoms with Gasteiger partial charge in [0.25, 0.3) is 0 Å². The number of hydrogen-bond donors (Lipinski definition) is 0. The Morgan fingerprint density at radius 1 is 1.18 bits per heavy atom. The average molecular weight is 383 g/mol. The van der Waals surface area contributed by atoms with Crippen LogP contribution in [0.3, 0.4) is 0 Å². The third kappa shape index (κ3) is 4.17. The number of cyclic esters (lactones) is 1. The average Bonchev–Trinajstić information content (AvgIpc) is 3.27. The van der Waals surface area contributed by atoms with Gasteiger partial charge in [0.05, 0.1) is 31.0 Å². The number of carbonyl (C=O) groups is 2. The molecule has 0 aliphatic carbocycles. The molecule has 0 N–H and O–H groups in total. The van der Waals surface area contributed by atoms with Crippen LogP contribution in [0, 0.1) is 0 Å². The molecule has 28 heavy (non-hydrogen) atoms. The van der Waals surface area contributed by atoms with Crippen LogP contribution in [0.15, 0.2) is 36.4 Å². The van der Waals surface area contributed by atoms with Crippen molar-refractivity contribution in [1.29, 1.82) is 0 Å². The van der Waals surface area contributed by atoms with Gasteiger partial charge in [-0.05, 0) is 18.7 Å². The van der Waals surface area contributed by atoms with E-state index in [9.17, 15) is 9.59 Å². The third-order valence-corrected chi connectivity index (χ3v) is 5.10. The van der Waals surface area contributed by atoms with E-state index < -0.39 is 6.09 Å². The first-order valence-electron chi connectivity index (χ1n) is 9.56. The van der Waals surface area contributed by atoms with E-state index in [1.807, 2.05) is 22.9 Å². The summed E-state index contributed by atoms with van der Waals surface area (Å²) >= 11 is 0. The molecule has 2 aliphatic heterocycles. The highest BCUT2D eigenvalue weighted by Crippen LogP contribution is 2.16. The molecule has 1 aromatic carbocycles. The number of benzene rings is 1. The second-order valence-corrected chi connectivity index (χ2v) is 7.36. The highest BCUT2D eigenvalue weighted by Gasteiger charge is 2.28. The van der Waals surface area contributed by atoms with E-state index in [1.165, 1.54) is 10.5 Å². The van der Waals surface area contributed by atoms with Gasteiger partial charge in [-0.2, -0.15) is 5.10 Å². The Labute approximate surface area is 164 Å². The zero-order valence-corrected chi connectivity index (χ0v) is 16.1. The van der Waals surface area contributed by atoms with Gasteiger partial charge in [-0.1, -0.05) is 30.3 Å². The summed E-state index contributed by atoms with van der Waals surface area (Å²) in [6.07, 6.45) is -0.404. The lowest BCUT2D eigenvalue weighted by Gasteiger charge is -2.28. The molecule has 3 heterocycles. The van der Waals surface area contributed by atoms with Crippen molar-refractivity contribution in [2.24, 2.45) is 0 Å². The second-order valence-electron chi connectivity index (χ2n) is 7.36. The van der Waals surface area contributed by atoms with E-state index in [0.29, 0.717) is 32.8 Å². The van der Waals surface area contributed by atoms with E-state index in [1.54, 1.807) is 4.90 Å². The highest BCUT2D eigenvalue weighted by molar-refractivity contribution is 5.83. The van der Waals surface area contributed by atoms with Crippen LogP contribution < -0.4 is 0 Å². The monoisotopic (exact) mass is 383 g/mol. The molecule has 0 bridgehead atoms. The van der Waals surface area contributed by atoms with E-state index in [2.05, 4.69) is 30.1 Å². The zero-order chi connectivity index (χ0) is 19.5. The predicted octanol–water partition coefficient (Wildman–Crippen LogP) is 1.31. The Balaban J connectivity index is 1.34. The Kier molecular flexibility index (Phi) is 5.29. The molecule has 1 aromatic heterocycles. The minimum absolute atomic E-state index is 0.0472. The predicted molar refractivity (Wildman–Crippen MR) is 102 cm³/mol. The summed E-state index contributed by atoms with van der Waals surface area (Å²) in [5.74, 6) is -0.0472. The van der Waals surface area contributed by atoms with Gasteiger partial charge in [0.1, 0.15) is 13.2 Å². The van der Waals surface area contributed by atoms with Crippen LogP contribution in [0.4, 0.5) is 4.79 Å². The van der Waals surface area contributed by atoms with Crippen molar-refractivity contribution in [3.63, 3.8) is 0 Å². The molecule has 148 valence electrons. The van der Waals surface area contributed by atoms with Gasteiger partial charge in [0.15, 0.2) is 0 Å². The molecule has 2 aliphatic rings. The summed E-state index contributed by atoms with van der Waals surface area (Å²) in [6, 6.07) is 12.4. The lowest BCUT2D eigenvalue weighted by Crippen LogP contribution is -2.44. The molecule has 0 unspecified atom stereocenters. The number of fused-ring (bicyclic) bond motifs is 1. The van der Waals surface area contributed by atoms with Gasteiger partial charge in [0, 0.05) is 19.6 Å². The van der Waals surface area contributed by atoms with Crippen molar-refractivity contribution >= 4 is 12.0 Å². The normalized spacial score (nSPS) is 16.4. The molecule has 1 fully saturated rings. The van der Waals surface area contributed by atoms with Crippen molar-refractivity contribution < 1.29 is 14.3 Å². The number of hydrogen-bond acceptors (Lipinski definition) is 5. The van der Waals surface area contributed by atoms with E-state index >= 15 is 0 Å². The fourth-order valence-corrected chi connectivity index (χ4v) is 3.68. The van der Waals surface area contributed by atoms with Crippen LogP contribution in [0.25, 0.3) is 0 Å². The van der Waals surface area contributed by atoms with Crippen LogP contribution in [-0.2, 0) is 35.7 Å². The number of ether oxygens (including phenoxy) is 1. The maximum absolute atomic E-state index is 12.5. The molecule has 1 saturated heterocycles. The Bertz CT molecular complexity index is 851. The minimum atomic E-state index is -0.404. The van der Waals surface area contributed by atoms with Gasteiger partial charge in [0.2, 0.25) is 5.91 Å². The van der Waals surface area contributed by atoms with Gasteiger partial charge in [-0.3, -0.25) is 19.3 Å².